The molecular weight excluding hydrogens is 444 g/mol. The van der Waals surface area contributed by atoms with Crippen molar-refractivity contribution in [1.82, 2.24) is 29.7 Å². The van der Waals surface area contributed by atoms with Crippen LogP contribution in [0.4, 0.5) is 17.5 Å². The molecule has 0 saturated carbocycles. The molecule has 6 heterocycles. The minimum Gasteiger partial charge on any atom is -0.381 e. The quantitative estimate of drug-likeness (QED) is 0.592. The summed E-state index contributed by atoms with van der Waals surface area (Å²) in [4.78, 5) is 31.4. The third kappa shape index (κ3) is 4.00. The van der Waals surface area contributed by atoms with E-state index in [4.69, 9.17) is 9.72 Å². The van der Waals surface area contributed by atoms with Gasteiger partial charge in [0, 0.05) is 63.6 Å². The van der Waals surface area contributed by atoms with E-state index in [0.29, 0.717) is 43.3 Å². The van der Waals surface area contributed by atoms with Crippen LogP contribution in [0.1, 0.15) is 37.2 Å². The second-order valence-corrected chi connectivity index (χ2v) is 10.0. The van der Waals surface area contributed by atoms with Crippen molar-refractivity contribution in [3.05, 3.63) is 36.3 Å². The van der Waals surface area contributed by atoms with Gasteiger partial charge in [-0.2, -0.15) is 4.98 Å². The van der Waals surface area contributed by atoms with Gasteiger partial charge in [-0.25, -0.2) is 9.97 Å². The van der Waals surface area contributed by atoms with Gasteiger partial charge >= 0.3 is 0 Å². The maximum atomic E-state index is 12.6. The number of pyridine rings is 1. The molecule has 10 heteroatoms. The van der Waals surface area contributed by atoms with Crippen LogP contribution in [0.2, 0.25) is 0 Å². The molecule has 0 bridgehead atoms. The van der Waals surface area contributed by atoms with Crippen LogP contribution in [0, 0.1) is 0 Å². The first-order valence-electron chi connectivity index (χ1n) is 12.5. The number of nitrogens with one attached hydrogen (secondary N) is 2. The zero-order chi connectivity index (χ0) is 24.0. The van der Waals surface area contributed by atoms with Crippen LogP contribution in [0.25, 0.3) is 11.0 Å². The SMILES string of the molecule is CC(C)N1CCN(c2ccc(Nc3ncc4cc5n(c4n3)C3(CCOCC3)CNC5=O)nc2)CC1. The lowest BCUT2D eigenvalue weighted by molar-refractivity contribution is 0.0167. The lowest BCUT2D eigenvalue weighted by atomic mass is 9.87. The molecular formula is C25H32N8O2. The molecule has 0 atom stereocenters. The van der Waals surface area contributed by atoms with Crippen molar-refractivity contribution in [2.45, 2.75) is 38.3 Å². The fraction of sp³-hybridized carbons (Fsp3) is 0.520. The molecule has 2 fully saturated rings. The molecule has 2 saturated heterocycles. The van der Waals surface area contributed by atoms with E-state index in [2.05, 4.69) is 54.9 Å². The van der Waals surface area contributed by atoms with E-state index < -0.39 is 0 Å². The van der Waals surface area contributed by atoms with Gasteiger partial charge < -0.3 is 24.8 Å². The molecule has 10 nitrogen and oxygen atoms in total. The predicted molar refractivity (Wildman–Crippen MR) is 134 cm³/mol. The van der Waals surface area contributed by atoms with Crippen LogP contribution in [0.15, 0.2) is 30.6 Å². The van der Waals surface area contributed by atoms with E-state index in [-0.39, 0.29) is 11.4 Å². The average Bonchev–Trinajstić information content (AvgIpc) is 3.28. The van der Waals surface area contributed by atoms with Crippen LogP contribution in [0.5, 0.6) is 0 Å². The third-order valence-electron chi connectivity index (χ3n) is 7.65. The number of piperazine rings is 1. The Kier molecular flexibility index (Phi) is 5.57. The Morgan fingerprint density at radius 1 is 1.09 bits per heavy atom. The highest BCUT2D eigenvalue weighted by Crippen LogP contribution is 2.37. The van der Waals surface area contributed by atoms with Crippen LogP contribution in [-0.4, -0.2) is 82.3 Å². The molecule has 3 aliphatic rings. The van der Waals surface area contributed by atoms with Gasteiger partial charge in [0.15, 0.2) is 0 Å². The number of amides is 1. The number of ether oxygens (including phenoxy) is 1. The van der Waals surface area contributed by atoms with Gasteiger partial charge in [-0.15, -0.1) is 0 Å². The highest BCUT2D eigenvalue weighted by Gasteiger charge is 2.42. The Morgan fingerprint density at radius 2 is 1.89 bits per heavy atom. The summed E-state index contributed by atoms with van der Waals surface area (Å²) in [7, 11) is 0. The molecule has 0 aromatic carbocycles. The Morgan fingerprint density at radius 3 is 2.60 bits per heavy atom. The number of anilines is 3. The minimum absolute atomic E-state index is 0.0684. The number of aromatic nitrogens is 4. The van der Waals surface area contributed by atoms with Crippen molar-refractivity contribution in [2.75, 3.05) is 56.2 Å². The molecule has 2 N–H and O–H groups in total. The van der Waals surface area contributed by atoms with Gasteiger partial charge in [-0.05, 0) is 44.9 Å². The molecule has 0 unspecified atom stereocenters. The zero-order valence-corrected chi connectivity index (χ0v) is 20.3. The summed E-state index contributed by atoms with van der Waals surface area (Å²) in [6.07, 6.45) is 5.36. The molecule has 0 aliphatic carbocycles. The molecule has 3 aromatic rings. The number of carbonyl (C=O) groups is 1. The number of hydrogen-bond donors (Lipinski definition) is 2. The fourth-order valence-electron chi connectivity index (χ4n) is 5.52. The zero-order valence-electron chi connectivity index (χ0n) is 20.3. The maximum absolute atomic E-state index is 12.6. The van der Waals surface area contributed by atoms with E-state index in [1.54, 1.807) is 6.20 Å². The highest BCUT2D eigenvalue weighted by molar-refractivity contribution is 5.99. The second kappa shape index (κ2) is 8.76. The second-order valence-electron chi connectivity index (χ2n) is 10.0. The van der Waals surface area contributed by atoms with Crippen molar-refractivity contribution in [2.24, 2.45) is 0 Å². The van der Waals surface area contributed by atoms with Gasteiger partial charge in [-0.3, -0.25) is 9.69 Å². The lowest BCUT2D eigenvalue weighted by Crippen LogP contribution is -2.54. The van der Waals surface area contributed by atoms with E-state index >= 15 is 0 Å². The molecule has 0 radical (unpaired) electrons. The van der Waals surface area contributed by atoms with Crippen molar-refractivity contribution >= 4 is 34.4 Å². The van der Waals surface area contributed by atoms with Gasteiger partial charge in [0.05, 0.1) is 17.4 Å². The van der Waals surface area contributed by atoms with E-state index in [1.807, 2.05) is 18.3 Å². The molecule has 6 rings (SSSR count). The summed E-state index contributed by atoms with van der Waals surface area (Å²) in [5, 5.41) is 7.17. The van der Waals surface area contributed by atoms with E-state index in [0.717, 1.165) is 55.7 Å². The summed E-state index contributed by atoms with van der Waals surface area (Å²) >= 11 is 0. The lowest BCUT2D eigenvalue weighted by Gasteiger charge is -2.42. The molecule has 1 amide bonds. The Hall–Kier alpha value is -3.24. The molecule has 184 valence electrons. The fourth-order valence-corrected chi connectivity index (χ4v) is 5.52. The summed E-state index contributed by atoms with van der Waals surface area (Å²) in [5.41, 5.74) is 2.32. The van der Waals surface area contributed by atoms with Crippen LogP contribution in [-0.2, 0) is 10.3 Å². The maximum Gasteiger partial charge on any atom is 0.268 e. The molecule has 3 aliphatic heterocycles. The van der Waals surface area contributed by atoms with Crippen LogP contribution >= 0.6 is 0 Å². The van der Waals surface area contributed by atoms with Crippen molar-refractivity contribution in [3.8, 4) is 0 Å². The minimum atomic E-state index is -0.214. The predicted octanol–water partition coefficient (Wildman–Crippen LogP) is 2.35. The van der Waals surface area contributed by atoms with Gasteiger partial charge in [0.2, 0.25) is 5.95 Å². The standard InChI is InChI=1S/C25H32N8O2/c1-17(2)31-7-9-32(10-8-31)19-3-4-21(26-15-19)29-24-27-14-18-13-20-23(34)28-16-25(5-11-35-12-6-25)33(20)22(18)30-24/h3-4,13-15,17H,5-12,16H2,1-2H3,(H,28,34)(H,26,27,29,30). The van der Waals surface area contributed by atoms with Gasteiger partial charge in [0.25, 0.3) is 5.91 Å². The van der Waals surface area contributed by atoms with Crippen molar-refractivity contribution in [3.63, 3.8) is 0 Å². The third-order valence-corrected chi connectivity index (χ3v) is 7.65. The topological polar surface area (TPSA) is 100 Å². The number of fused-ring (bicyclic) bond motifs is 4. The van der Waals surface area contributed by atoms with E-state index in [9.17, 15) is 4.79 Å². The first-order chi connectivity index (χ1) is 17.0. The average molecular weight is 477 g/mol. The molecule has 1 spiro atoms. The van der Waals surface area contributed by atoms with E-state index in [1.165, 1.54) is 0 Å². The first kappa shape index (κ1) is 22.2. The monoisotopic (exact) mass is 476 g/mol. The molecule has 35 heavy (non-hydrogen) atoms. The highest BCUT2D eigenvalue weighted by atomic mass is 16.5. The van der Waals surface area contributed by atoms with Gasteiger partial charge in [-0.1, -0.05) is 0 Å². The van der Waals surface area contributed by atoms with Crippen molar-refractivity contribution in [1.29, 1.82) is 0 Å². The number of nitrogens with zero attached hydrogens (tertiary/aromatic N) is 6. The number of carbonyl (C=O) groups excluding carboxylic acids is 1. The summed E-state index contributed by atoms with van der Waals surface area (Å²) in [6, 6.07) is 6.54. The Labute approximate surface area is 204 Å². The summed E-state index contributed by atoms with van der Waals surface area (Å²) in [5.74, 6) is 1.09. The van der Waals surface area contributed by atoms with Crippen LogP contribution < -0.4 is 15.5 Å². The Balaban J connectivity index is 1.24. The molecule has 3 aromatic heterocycles. The number of rotatable bonds is 4. The van der Waals surface area contributed by atoms with Gasteiger partial charge in [0.1, 0.15) is 17.2 Å². The summed E-state index contributed by atoms with van der Waals surface area (Å²) in [6.45, 7) is 10.6. The van der Waals surface area contributed by atoms with Crippen LogP contribution in [0.3, 0.4) is 0 Å². The Bertz CT molecular complexity index is 1220. The van der Waals surface area contributed by atoms with Crippen molar-refractivity contribution < 1.29 is 9.53 Å². The number of hydrogen-bond acceptors (Lipinski definition) is 8. The smallest absolute Gasteiger partial charge is 0.268 e. The largest absolute Gasteiger partial charge is 0.381 e. The first-order valence-corrected chi connectivity index (χ1v) is 12.5. The summed E-state index contributed by atoms with van der Waals surface area (Å²) < 4.78 is 7.73. The normalized spacial score (nSPS) is 20.3.